The number of aromatic amines is 1. The van der Waals surface area contributed by atoms with Gasteiger partial charge in [0.1, 0.15) is 0 Å². The van der Waals surface area contributed by atoms with Crippen molar-refractivity contribution in [1.82, 2.24) is 20.6 Å². The number of carbonyl (C=O) groups is 2. The molecule has 0 spiro atoms. The second kappa shape index (κ2) is 7.93. The molecule has 2 atom stereocenters. The molecular formula is C15H24N4O2. The maximum atomic E-state index is 11.7. The van der Waals surface area contributed by atoms with E-state index in [2.05, 4.69) is 20.6 Å². The van der Waals surface area contributed by atoms with Gasteiger partial charge in [0.15, 0.2) is 5.78 Å². The molecule has 0 saturated carbocycles. The average molecular weight is 292 g/mol. The van der Waals surface area contributed by atoms with Crippen molar-refractivity contribution in [2.24, 2.45) is 5.92 Å². The number of ketones is 1. The largest absolute Gasteiger partial charge is 0.356 e. The summed E-state index contributed by atoms with van der Waals surface area (Å²) in [7, 11) is 0. The van der Waals surface area contributed by atoms with E-state index in [0.717, 1.165) is 37.9 Å². The molecule has 1 aliphatic rings. The molecular weight excluding hydrogens is 268 g/mol. The van der Waals surface area contributed by atoms with Crippen molar-refractivity contribution < 1.29 is 9.59 Å². The number of imidazole rings is 1. The van der Waals surface area contributed by atoms with Gasteiger partial charge in [-0.25, -0.2) is 4.98 Å². The Bertz CT molecular complexity index is 458. The second-order valence-electron chi connectivity index (χ2n) is 5.72. The molecule has 0 radical (unpaired) electrons. The summed E-state index contributed by atoms with van der Waals surface area (Å²) >= 11 is 0. The van der Waals surface area contributed by atoms with Gasteiger partial charge < -0.3 is 15.6 Å². The molecule has 1 aromatic rings. The molecule has 2 heterocycles. The molecule has 1 saturated heterocycles. The van der Waals surface area contributed by atoms with Crippen molar-refractivity contribution in [3.05, 3.63) is 18.2 Å². The third-order valence-electron chi connectivity index (χ3n) is 3.90. The molecule has 0 bridgehead atoms. The molecule has 6 heteroatoms. The fraction of sp³-hybridized carbons (Fsp3) is 0.667. The SMILES string of the molecule is CC1CN[C@@H](CCCCCNC(=O)Cc2cnc[nH]2)C1=O. The lowest BCUT2D eigenvalue weighted by molar-refractivity contribution is -0.121. The molecule has 0 aliphatic carbocycles. The van der Waals surface area contributed by atoms with Gasteiger partial charge in [0.25, 0.3) is 0 Å². The fourth-order valence-corrected chi connectivity index (χ4v) is 2.60. The molecule has 21 heavy (non-hydrogen) atoms. The number of aromatic nitrogens is 2. The lowest BCUT2D eigenvalue weighted by Crippen LogP contribution is -2.27. The Balaban J connectivity index is 1.48. The van der Waals surface area contributed by atoms with Crippen LogP contribution in [0.4, 0.5) is 0 Å². The Hall–Kier alpha value is -1.69. The monoisotopic (exact) mass is 292 g/mol. The first kappa shape index (κ1) is 15.7. The van der Waals surface area contributed by atoms with E-state index in [1.165, 1.54) is 0 Å². The summed E-state index contributed by atoms with van der Waals surface area (Å²) in [5.74, 6) is 0.528. The maximum absolute atomic E-state index is 11.7. The van der Waals surface area contributed by atoms with Crippen molar-refractivity contribution >= 4 is 11.7 Å². The summed E-state index contributed by atoms with van der Waals surface area (Å²) in [5.41, 5.74) is 0.826. The van der Waals surface area contributed by atoms with Gasteiger partial charge in [0.05, 0.1) is 18.8 Å². The number of hydrogen-bond donors (Lipinski definition) is 3. The zero-order valence-corrected chi connectivity index (χ0v) is 12.5. The Kier molecular flexibility index (Phi) is 5.92. The summed E-state index contributed by atoms with van der Waals surface area (Å²) in [6.07, 6.45) is 7.49. The molecule has 2 rings (SSSR count). The number of unbranched alkanes of at least 4 members (excludes halogenated alkanes) is 2. The zero-order chi connectivity index (χ0) is 15.1. The first-order valence-corrected chi connectivity index (χ1v) is 7.68. The smallest absolute Gasteiger partial charge is 0.225 e. The van der Waals surface area contributed by atoms with Crippen LogP contribution in [-0.4, -0.2) is 40.8 Å². The molecule has 1 aromatic heterocycles. The number of carbonyl (C=O) groups excluding carboxylic acids is 2. The van der Waals surface area contributed by atoms with Crippen LogP contribution in [0.15, 0.2) is 12.5 Å². The normalized spacial score (nSPS) is 21.7. The topological polar surface area (TPSA) is 86.9 Å². The Morgan fingerprint density at radius 1 is 1.43 bits per heavy atom. The molecule has 1 fully saturated rings. The van der Waals surface area contributed by atoms with E-state index in [1.54, 1.807) is 12.5 Å². The molecule has 1 amide bonds. The molecule has 3 N–H and O–H groups in total. The summed E-state index contributed by atoms with van der Waals surface area (Å²) in [6, 6.07) is 0.0509. The van der Waals surface area contributed by atoms with Crippen LogP contribution in [-0.2, 0) is 16.0 Å². The number of nitrogens with one attached hydrogen (secondary N) is 3. The van der Waals surface area contributed by atoms with E-state index in [4.69, 9.17) is 0 Å². The number of hydrogen-bond acceptors (Lipinski definition) is 4. The summed E-state index contributed by atoms with van der Waals surface area (Å²) in [4.78, 5) is 30.1. The van der Waals surface area contributed by atoms with Gasteiger partial charge in [-0.2, -0.15) is 0 Å². The number of Topliss-reactive ketones (excluding diaryl/α,β-unsaturated/α-hetero) is 1. The van der Waals surface area contributed by atoms with Crippen LogP contribution >= 0.6 is 0 Å². The van der Waals surface area contributed by atoms with E-state index < -0.39 is 0 Å². The van der Waals surface area contributed by atoms with Gasteiger partial charge in [-0.1, -0.05) is 19.8 Å². The van der Waals surface area contributed by atoms with Crippen LogP contribution < -0.4 is 10.6 Å². The van der Waals surface area contributed by atoms with Crippen LogP contribution in [0, 0.1) is 5.92 Å². The van der Waals surface area contributed by atoms with Crippen LogP contribution in [0.3, 0.4) is 0 Å². The average Bonchev–Trinajstić information content (AvgIpc) is 3.07. The highest BCUT2D eigenvalue weighted by Gasteiger charge is 2.29. The van der Waals surface area contributed by atoms with Crippen LogP contribution in [0.2, 0.25) is 0 Å². The minimum absolute atomic E-state index is 0.0145. The van der Waals surface area contributed by atoms with Crippen LogP contribution in [0.25, 0.3) is 0 Å². The van der Waals surface area contributed by atoms with Gasteiger partial charge in [-0.3, -0.25) is 9.59 Å². The van der Waals surface area contributed by atoms with E-state index in [9.17, 15) is 9.59 Å². The molecule has 0 aromatic carbocycles. The highest BCUT2D eigenvalue weighted by molar-refractivity contribution is 5.88. The lowest BCUT2D eigenvalue weighted by atomic mass is 10.0. The number of H-pyrrole nitrogens is 1. The minimum Gasteiger partial charge on any atom is -0.356 e. The van der Waals surface area contributed by atoms with Crippen molar-refractivity contribution in [3.63, 3.8) is 0 Å². The summed E-state index contributed by atoms with van der Waals surface area (Å²) in [5, 5.41) is 6.16. The minimum atomic E-state index is 0.0145. The van der Waals surface area contributed by atoms with Crippen molar-refractivity contribution in [3.8, 4) is 0 Å². The number of amides is 1. The van der Waals surface area contributed by atoms with E-state index in [1.807, 2.05) is 6.92 Å². The third kappa shape index (κ3) is 4.97. The lowest BCUT2D eigenvalue weighted by Gasteiger charge is -2.09. The summed E-state index contributed by atoms with van der Waals surface area (Å²) < 4.78 is 0. The van der Waals surface area contributed by atoms with Gasteiger partial charge in [0, 0.05) is 30.9 Å². The fourth-order valence-electron chi connectivity index (χ4n) is 2.60. The molecule has 1 aliphatic heterocycles. The first-order valence-electron chi connectivity index (χ1n) is 7.68. The number of nitrogens with zero attached hydrogens (tertiary/aromatic N) is 1. The highest BCUT2D eigenvalue weighted by atomic mass is 16.1. The highest BCUT2D eigenvalue weighted by Crippen LogP contribution is 2.14. The van der Waals surface area contributed by atoms with Crippen molar-refractivity contribution in [1.29, 1.82) is 0 Å². The predicted octanol–water partition coefficient (Wildman–Crippen LogP) is 0.806. The third-order valence-corrected chi connectivity index (χ3v) is 3.90. The van der Waals surface area contributed by atoms with Gasteiger partial charge in [-0.15, -0.1) is 0 Å². The Morgan fingerprint density at radius 2 is 2.29 bits per heavy atom. The molecule has 1 unspecified atom stereocenters. The summed E-state index contributed by atoms with van der Waals surface area (Å²) in [6.45, 7) is 3.48. The van der Waals surface area contributed by atoms with Crippen LogP contribution in [0.1, 0.15) is 38.3 Å². The van der Waals surface area contributed by atoms with E-state index in [-0.39, 0.29) is 17.9 Å². The zero-order valence-electron chi connectivity index (χ0n) is 12.5. The second-order valence-corrected chi connectivity index (χ2v) is 5.72. The Labute approximate surface area is 125 Å². The van der Waals surface area contributed by atoms with Crippen molar-refractivity contribution in [2.75, 3.05) is 13.1 Å². The van der Waals surface area contributed by atoms with Crippen molar-refractivity contribution in [2.45, 2.75) is 45.1 Å². The predicted molar refractivity (Wildman–Crippen MR) is 79.7 cm³/mol. The van der Waals surface area contributed by atoms with Gasteiger partial charge >= 0.3 is 0 Å². The molecule has 6 nitrogen and oxygen atoms in total. The molecule has 116 valence electrons. The van der Waals surface area contributed by atoms with Gasteiger partial charge in [0.2, 0.25) is 5.91 Å². The first-order chi connectivity index (χ1) is 10.2. The van der Waals surface area contributed by atoms with Crippen LogP contribution in [0.5, 0.6) is 0 Å². The quantitative estimate of drug-likeness (QED) is 0.619. The van der Waals surface area contributed by atoms with E-state index >= 15 is 0 Å². The standard InChI is InChI=1S/C15H24N4O2/c1-11-8-18-13(15(11)21)5-3-2-4-6-17-14(20)7-12-9-16-10-19-12/h9-11,13,18H,2-8H2,1H3,(H,16,19)(H,17,20)/t11?,13-/m0/s1. The maximum Gasteiger partial charge on any atom is 0.225 e. The van der Waals surface area contributed by atoms with Gasteiger partial charge in [-0.05, 0) is 12.8 Å². The number of rotatable bonds is 8. The Morgan fingerprint density at radius 3 is 2.95 bits per heavy atom. The van der Waals surface area contributed by atoms with E-state index in [0.29, 0.717) is 18.7 Å².